The van der Waals surface area contributed by atoms with Crippen LogP contribution in [0.1, 0.15) is 5.56 Å². The fourth-order valence-electron chi connectivity index (χ4n) is 2.18. The molecule has 0 bridgehead atoms. The number of nitrogen functional groups attached to an aromatic ring is 1. The van der Waals surface area contributed by atoms with E-state index in [-0.39, 0.29) is 11.7 Å². The molecule has 110 valence electrons. The highest BCUT2D eigenvalue weighted by atomic mass is 32.2. The van der Waals surface area contributed by atoms with Crippen LogP contribution in [0.5, 0.6) is 0 Å². The van der Waals surface area contributed by atoms with Crippen LogP contribution >= 0.6 is 0 Å². The first kappa shape index (κ1) is 15.0. The minimum absolute atomic E-state index is 0.0113. The van der Waals surface area contributed by atoms with E-state index in [0.29, 0.717) is 23.7 Å². The van der Waals surface area contributed by atoms with Crippen LogP contribution in [0.3, 0.4) is 0 Å². The Morgan fingerprint density at radius 3 is 2.60 bits per heavy atom. The SMILES string of the molecule is Cc1ccc(N)c(S(=O)CC(=O)N2CCN(C)CC2)c1. The first-order chi connectivity index (χ1) is 9.47. The summed E-state index contributed by atoms with van der Waals surface area (Å²) in [5.41, 5.74) is 7.32. The van der Waals surface area contributed by atoms with Gasteiger partial charge in [0, 0.05) is 31.9 Å². The molecule has 1 fully saturated rings. The molecule has 1 unspecified atom stereocenters. The monoisotopic (exact) mass is 295 g/mol. The summed E-state index contributed by atoms with van der Waals surface area (Å²) in [6, 6.07) is 5.41. The molecule has 1 saturated heterocycles. The van der Waals surface area contributed by atoms with Gasteiger partial charge < -0.3 is 15.5 Å². The number of benzene rings is 1. The molecule has 0 radical (unpaired) electrons. The number of carbonyl (C=O) groups excluding carboxylic acids is 1. The number of anilines is 1. The van der Waals surface area contributed by atoms with E-state index >= 15 is 0 Å². The largest absolute Gasteiger partial charge is 0.398 e. The second-order valence-electron chi connectivity index (χ2n) is 5.22. The van der Waals surface area contributed by atoms with Gasteiger partial charge in [0.2, 0.25) is 5.91 Å². The van der Waals surface area contributed by atoms with E-state index in [2.05, 4.69) is 4.90 Å². The van der Waals surface area contributed by atoms with Crippen LogP contribution in [0, 0.1) is 6.92 Å². The van der Waals surface area contributed by atoms with E-state index in [1.807, 2.05) is 20.0 Å². The summed E-state index contributed by atoms with van der Waals surface area (Å²) in [5, 5.41) is 0. The van der Waals surface area contributed by atoms with Crippen LogP contribution in [-0.2, 0) is 15.6 Å². The minimum Gasteiger partial charge on any atom is -0.398 e. The number of carbonyl (C=O) groups is 1. The van der Waals surface area contributed by atoms with Crippen molar-refractivity contribution in [3.05, 3.63) is 23.8 Å². The van der Waals surface area contributed by atoms with E-state index in [4.69, 9.17) is 5.73 Å². The van der Waals surface area contributed by atoms with E-state index in [1.165, 1.54) is 0 Å². The summed E-state index contributed by atoms with van der Waals surface area (Å²) < 4.78 is 12.3. The molecule has 1 atom stereocenters. The molecule has 1 aromatic carbocycles. The molecule has 2 N–H and O–H groups in total. The van der Waals surface area contributed by atoms with Crippen molar-refractivity contribution >= 4 is 22.4 Å². The number of amides is 1. The van der Waals surface area contributed by atoms with Crippen LogP contribution in [0.2, 0.25) is 0 Å². The number of hydrogen-bond donors (Lipinski definition) is 1. The van der Waals surface area contributed by atoms with Crippen LogP contribution in [0.4, 0.5) is 5.69 Å². The number of aryl methyl sites for hydroxylation is 1. The van der Waals surface area contributed by atoms with Crippen molar-refractivity contribution in [1.82, 2.24) is 9.80 Å². The maximum atomic E-state index is 12.3. The predicted octanol–water partition coefficient (Wildman–Crippen LogP) is 0.459. The fraction of sp³-hybridized carbons (Fsp3) is 0.500. The van der Waals surface area contributed by atoms with Crippen molar-refractivity contribution in [3.8, 4) is 0 Å². The number of rotatable bonds is 3. The number of nitrogens with two attached hydrogens (primary N) is 1. The molecule has 0 aliphatic carbocycles. The summed E-state index contributed by atoms with van der Waals surface area (Å²) in [5.74, 6) is -0.0467. The highest BCUT2D eigenvalue weighted by molar-refractivity contribution is 7.86. The lowest BCUT2D eigenvalue weighted by Gasteiger charge is -2.32. The number of hydrogen-bond acceptors (Lipinski definition) is 4. The molecule has 1 heterocycles. The van der Waals surface area contributed by atoms with Crippen molar-refractivity contribution < 1.29 is 9.00 Å². The average molecular weight is 295 g/mol. The molecule has 6 heteroatoms. The van der Waals surface area contributed by atoms with Gasteiger partial charge in [0.1, 0.15) is 5.75 Å². The van der Waals surface area contributed by atoms with Gasteiger partial charge in [-0.05, 0) is 31.7 Å². The normalized spacial score (nSPS) is 18.0. The predicted molar refractivity (Wildman–Crippen MR) is 80.9 cm³/mol. The first-order valence-electron chi connectivity index (χ1n) is 6.68. The van der Waals surface area contributed by atoms with Crippen LogP contribution in [0.25, 0.3) is 0 Å². The lowest BCUT2D eigenvalue weighted by molar-refractivity contribution is -0.129. The quantitative estimate of drug-likeness (QED) is 0.823. The molecule has 20 heavy (non-hydrogen) atoms. The van der Waals surface area contributed by atoms with Crippen molar-refractivity contribution in [2.75, 3.05) is 44.7 Å². The van der Waals surface area contributed by atoms with Gasteiger partial charge in [-0.15, -0.1) is 0 Å². The third kappa shape index (κ3) is 3.58. The van der Waals surface area contributed by atoms with Crippen molar-refractivity contribution in [1.29, 1.82) is 0 Å². The Bertz CT molecular complexity index is 525. The van der Waals surface area contributed by atoms with Gasteiger partial charge in [-0.25, -0.2) is 0 Å². The van der Waals surface area contributed by atoms with Crippen LogP contribution in [0.15, 0.2) is 23.1 Å². The van der Waals surface area contributed by atoms with Gasteiger partial charge in [-0.3, -0.25) is 9.00 Å². The molecule has 5 nitrogen and oxygen atoms in total. The third-order valence-corrected chi connectivity index (χ3v) is 4.88. The van der Waals surface area contributed by atoms with E-state index in [0.717, 1.165) is 18.7 Å². The highest BCUT2D eigenvalue weighted by Gasteiger charge is 2.21. The van der Waals surface area contributed by atoms with Gasteiger partial charge in [-0.2, -0.15) is 0 Å². The van der Waals surface area contributed by atoms with Gasteiger partial charge in [0.25, 0.3) is 0 Å². The lowest BCUT2D eigenvalue weighted by atomic mass is 10.2. The van der Waals surface area contributed by atoms with Gasteiger partial charge in [-0.1, -0.05) is 6.07 Å². The molecule has 1 aromatic rings. The molecule has 0 aromatic heterocycles. The summed E-state index contributed by atoms with van der Waals surface area (Å²) in [4.78, 5) is 16.7. The second-order valence-corrected chi connectivity index (χ2v) is 6.63. The lowest BCUT2D eigenvalue weighted by Crippen LogP contribution is -2.48. The molecule has 2 rings (SSSR count). The zero-order valence-corrected chi connectivity index (χ0v) is 12.8. The third-order valence-electron chi connectivity index (χ3n) is 3.52. The zero-order valence-electron chi connectivity index (χ0n) is 12.0. The van der Waals surface area contributed by atoms with Crippen molar-refractivity contribution in [2.45, 2.75) is 11.8 Å². The topological polar surface area (TPSA) is 66.6 Å². The molecule has 0 saturated carbocycles. The van der Waals surface area contributed by atoms with E-state index in [9.17, 15) is 9.00 Å². The Morgan fingerprint density at radius 1 is 1.30 bits per heavy atom. The maximum absolute atomic E-state index is 12.3. The Labute approximate surface area is 122 Å². The second kappa shape index (κ2) is 6.37. The van der Waals surface area contributed by atoms with E-state index < -0.39 is 10.8 Å². The van der Waals surface area contributed by atoms with Crippen LogP contribution < -0.4 is 5.73 Å². The molecular weight excluding hydrogens is 274 g/mol. The molecule has 1 amide bonds. The Kier molecular flexibility index (Phi) is 4.77. The average Bonchev–Trinajstić information content (AvgIpc) is 2.42. The smallest absolute Gasteiger partial charge is 0.235 e. The van der Waals surface area contributed by atoms with Crippen LogP contribution in [-0.4, -0.2) is 58.9 Å². The van der Waals surface area contributed by atoms with Crippen molar-refractivity contribution in [3.63, 3.8) is 0 Å². The molecule has 1 aliphatic rings. The summed E-state index contributed by atoms with van der Waals surface area (Å²) in [6.07, 6.45) is 0. The van der Waals surface area contributed by atoms with Gasteiger partial charge >= 0.3 is 0 Å². The van der Waals surface area contributed by atoms with E-state index in [1.54, 1.807) is 17.0 Å². The molecular formula is C14H21N3O2S. The highest BCUT2D eigenvalue weighted by Crippen LogP contribution is 2.18. The maximum Gasteiger partial charge on any atom is 0.235 e. The minimum atomic E-state index is -1.38. The van der Waals surface area contributed by atoms with Gasteiger partial charge in [0.15, 0.2) is 0 Å². The number of piperazine rings is 1. The Morgan fingerprint density at radius 2 is 1.95 bits per heavy atom. The first-order valence-corrected chi connectivity index (χ1v) is 8.00. The molecule has 1 aliphatic heterocycles. The van der Waals surface area contributed by atoms with Crippen molar-refractivity contribution in [2.24, 2.45) is 0 Å². The summed E-state index contributed by atoms with van der Waals surface area (Å²) in [6.45, 7) is 5.06. The summed E-state index contributed by atoms with van der Waals surface area (Å²) in [7, 11) is 0.660. The number of likely N-dealkylation sites (N-methyl/N-ethyl adjacent to an activating group) is 1. The standard InChI is InChI=1S/C14H21N3O2S/c1-11-3-4-12(15)13(9-11)20(19)10-14(18)17-7-5-16(2)6-8-17/h3-4,9H,5-8,10,15H2,1-2H3. The number of nitrogens with zero attached hydrogens (tertiary/aromatic N) is 2. The molecule has 0 spiro atoms. The zero-order chi connectivity index (χ0) is 14.7. The fourth-order valence-corrected chi connectivity index (χ4v) is 3.39. The van der Waals surface area contributed by atoms with Gasteiger partial charge in [0.05, 0.1) is 15.7 Å². The summed E-state index contributed by atoms with van der Waals surface area (Å²) >= 11 is 0. The Hall–Kier alpha value is -1.40. The Balaban J connectivity index is 2.00.